The molecule has 0 radical (unpaired) electrons. The Kier molecular flexibility index (Phi) is 22.7. The molecule has 0 atom stereocenters. The molecule has 13 nitrogen and oxygen atoms in total. The Morgan fingerprint density at radius 1 is 0.104 bits per heavy atom. The van der Waals surface area contributed by atoms with E-state index in [1.54, 1.807) is 0 Å². The normalized spacial score (nSPS) is 11.3. The summed E-state index contributed by atoms with van der Waals surface area (Å²) in [6.45, 7) is 0. The van der Waals surface area contributed by atoms with Crippen LogP contribution in [0.5, 0.6) is 0 Å². The molecule has 0 aliphatic rings. The molecule has 27 aromatic rings. The number of hydrogen-bond acceptors (Lipinski definition) is 13. The van der Waals surface area contributed by atoms with Gasteiger partial charge in [-0.05, 0) is 97.0 Å². The number of aromatic nitrogens is 13. The fourth-order valence-corrected chi connectivity index (χ4v) is 19.4. The van der Waals surface area contributed by atoms with Gasteiger partial charge in [0.25, 0.3) is 0 Å². The monoisotopic (exact) mass is 1840 g/mol. The van der Waals surface area contributed by atoms with Gasteiger partial charge in [-0.15, -0.1) is 0 Å². The molecule has 0 aliphatic heterocycles. The summed E-state index contributed by atoms with van der Waals surface area (Å²) in [4.78, 5) is 66.7. The van der Waals surface area contributed by atoms with Crippen LogP contribution in [0.15, 0.2) is 504 Å². The Hall–Kier alpha value is -19.6. The molecule has 0 unspecified atom stereocenters. The first-order valence-electron chi connectivity index (χ1n) is 48.1. The summed E-state index contributed by atoms with van der Waals surface area (Å²) in [5.74, 6) is 5.27. The van der Waals surface area contributed by atoms with Crippen molar-refractivity contribution in [3.63, 3.8) is 0 Å². The fourth-order valence-electron chi connectivity index (χ4n) is 19.4. The minimum Gasteiger partial charge on any atom is -0.228 e. The van der Waals surface area contributed by atoms with Crippen molar-refractivity contribution in [1.82, 2.24) is 64.8 Å². The molecule has 0 saturated heterocycles. The summed E-state index contributed by atoms with van der Waals surface area (Å²) in [6.07, 6.45) is 0. The fraction of sp³-hybridized carbons (Fsp3) is 0. The van der Waals surface area contributed by atoms with Crippen molar-refractivity contribution in [3.8, 4) is 170 Å². The second-order valence-corrected chi connectivity index (χ2v) is 35.5. The van der Waals surface area contributed by atoms with Crippen LogP contribution in [-0.2, 0) is 0 Å². The second-order valence-electron chi connectivity index (χ2n) is 35.5. The highest BCUT2D eigenvalue weighted by Crippen LogP contribution is 2.44. The van der Waals surface area contributed by atoms with E-state index in [4.69, 9.17) is 64.8 Å². The summed E-state index contributed by atoms with van der Waals surface area (Å²) in [5.41, 5.74) is 23.9. The molecule has 0 spiro atoms. The van der Waals surface area contributed by atoms with E-state index in [0.717, 1.165) is 204 Å². The molecule has 27 rings (SSSR count). The molecule has 13 heteroatoms. The zero-order valence-electron chi connectivity index (χ0n) is 77.7. The van der Waals surface area contributed by atoms with Crippen LogP contribution >= 0.6 is 0 Å². The minimum absolute atomic E-state index is 0.609. The summed E-state index contributed by atoms with van der Waals surface area (Å²) in [6, 6.07) is 173. The molecule has 6 aromatic heterocycles. The van der Waals surface area contributed by atoms with Gasteiger partial charge in [-0.3, -0.25) is 0 Å². The maximum Gasteiger partial charge on any atom is 0.164 e. The van der Waals surface area contributed by atoms with E-state index in [-0.39, 0.29) is 0 Å². The van der Waals surface area contributed by atoms with Crippen molar-refractivity contribution in [2.24, 2.45) is 0 Å². The molecule has 0 N–H and O–H groups in total. The van der Waals surface area contributed by atoms with Gasteiger partial charge in [-0.2, -0.15) is 0 Å². The smallest absolute Gasteiger partial charge is 0.164 e. The zero-order chi connectivity index (χ0) is 95.6. The molecular weight excluding hydrogens is 1760 g/mol. The minimum atomic E-state index is 0.609. The van der Waals surface area contributed by atoms with Crippen molar-refractivity contribution in [3.05, 3.63) is 504 Å². The number of benzene rings is 21. The van der Waals surface area contributed by atoms with Crippen LogP contribution in [0.3, 0.4) is 0 Å². The number of fused-ring (bicyclic) bond motifs is 12. The van der Waals surface area contributed by atoms with Crippen LogP contribution in [0.1, 0.15) is 0 Å². The summed E-state index contributed by atoms with van der Waals surface area (Å²) in [5, 5.41) is 16.3. The first kappa shape index (κ1) is 86.0. The quantitative estimate of drug-likeness (QED) is 0.0890. The maximum absolute atomic E-state index is 5.30. The van der Waals surface area contributed by atoms with E-state index in [1.165, 1.54) is 16.2 Å². The highest BCUT2D eigenvalue weighted by molar-refractivity contribution is 6.14. The van der Waals surface area contributed by atoms with Crippen LogP contribution in [0.2, 0.25) is 0 Å². The third-order valence-electron chi connectivity index (χ3n) is 26.5. The highest BCUT2D eigenvalue weighted by atomic mass is 15.0. The molecule has 0 amide bonds. The van der Waals surface area contributed by atoms with Gasteiger partial charge in [0.1, 0.15) is 0 Å². The first-order chi connectivity index (χ1) is 71.3. The molecule has 21 aromatic carbocycles. The third kappa shape index (κ3) is 17.0. The van der Waals surface area contributed by atoms with E-state index in [9.17, 15) is 0 Å². The lowest BCUT2D eigenvalue weighted by molar-refractivity contribution is 1.07. The lowest BCUT2D eigenvalue weighted by atomic mass is 9.97. The van der Waals surface area contributed by atoms with Gasteiger partial charge in [0.05, 0.1) is 56.4 Å². The summed E-state index contributed by atoms with van der Waals surface area (Å²) < 4.78 is 0. The van der Waals surface area contributed by atoms with Crippen LogP contribution in [-0.4, -0.2) is 64.8 Å². The molecular formula is C131H83N13. The summed E-state index contributed by atoms with van der Waals surface area (Å²) >= 11 is 0. The van der Waals surface area contributed by atoms with E-state index >= 15 is 0 Å². The zero-order valence-corrected chi connectivity index (χ0v) is 77.7. The maximum atomic E-state index is 5.30. The van der Waals surface area contributed by atoms with Crippen molar-refractivity contribution in [2.45, 2.75) is 0 Å². The average molecular weight is 1840 g/mol. The van der Waals surface area contributed by atoms with Gasteiger partial charge in [0.2, 0.25) is 0 Å². The van der Waals surface area contributed by atoms with Crippen LogP contribution in [0.4, 0.5) is 0 Å². The number of rotatable bonds is 15. The van der Waals surface area contributed by atoms with Gasteiger partial charge in [-0.1, -0.05) is 455 Å². The Morgan fingerprint density at radius 3 is 0.604 bits per heavy atom. The number of nitrogens with zero attached hydrogens (tertiary/aromatic N) is 13. The van der Waals surface area contributed by atoms with E-state index < -0.39 is 0 Å². The Bertz CT molecular complexity index is 9380. The molecule has 6 heterocycles. The van der Waals surface area contributed by atoms with Crippen LogP contribution in [0.25, 0.3) is 267 Å². The van der Waals surface area contributed by atoms with Crippen molar-refractivity contribution >= 4 is 97.3 Å². The predicted molar refractivity (Wildman–Crippen MR) is 590 cm³/mol. The summed E-state index contributed by atoms with van der Waals surface area (Å²) in [7, 11) is 0. The van der Waals surface area contributed by atoms with Gasteiger partial charge in [0, 0.05) is 116 Å². The SMILES string of the molecule is c1ccc(-c2cc(-c3cccc4ccccc34)nc(-c3ccc4ccc5c(-c6ccccc6)nc(-c6ccccc6)nc5c4c3)n2)cc1.c1ccc(-c2nc(-c3ccccc3)c3ccc4ccc(-c5nc(-c6cccc7ccccc67)cc(-c6cccc7ccccc67)n5)cc4c3n2)cc1.c1ccc(-c2nc(-c3ccccc3)nc(-c3ccc4ccc5c(-c6ccccc6)nc(-c6ccccc6)nc5c4c3)n2)cc1. The second kappa shape index (κ2) is 38.0. The van der Waals surface area contributed by atoms with E-state index in [1.807, 2.05) is 176 Å². The Balaban J connectivity index is 0.000000113. The molecule has 0 fully saturated rings. The van der Waals surface area contributed by atoms with Gasteiger partial charge >= 0.3 is 0 Å². The Morgan fingerprint density at radius 2 is 0.312 bits per heavy atom. The van der Waals surface area contributed by atoms with Crippen molar-refractivity contribution in [1.29, 1.82) is 0 Å². The Labute approximate surface area is 829 Å². The predicted octanol–water partition coefficient (Wildman–Crippen LogP) is 32.6. The van der Waals surface area contributed by atoms with Gasteiger partial charge < -0.3 is 0 Å². The lowest BCUT2D eigenvalue weighted by Crippen LogP contribution is -2.00. The largest absolute Gasteiger partial charge is 0.228 e. The molecule has 0 bridgehead atoms. The molecule has 672 valence electrons. The standard InChI is InChI=1S/C48H30N4.C44H28N4.C39H25N5/c1-3-15-34(16-4-1)45-41-28-27-33-25-26-36(29-42(33)46(41)52-47(51-45)35-17-5-2-6-18-35)48-49-43(39-23-11-19-31-13-7-9-21-37(31)39)30-44(50-48)40-24-12-20-32-14-8-10-22-38(32)40;1-4-14-31(15-5-1)39-28-40(36-22-12-20-29-13-10-11-21-35(29)36)46-44(45-39)34-24-23-30-25-26-37-41(32-16-6-2-7-17-32)47-43(33-18-8-3-9-19-33)48-42(37)38(30)27-34;1-5-13-27(14-6-1)34-32-24-23-26-21-22-31(25-33(26)35(32)41-36(40-34)28-15-7-2-8-16-28)39-43-37(29-17-9-3-10-18-29)42-38(44-39)30-19-11-4-12-20-30/h1-30H;1-28H;1-25H. The topological polar surface area (TPSA) is 168 Å². The highest BCUT2D eigenvalue weighted by Gasteiger charge is 2.24. The van der Waals surface area contributed by atoms with Crippen LogP contribution in [0, 0.1) is 0 Å². The number of hydrogen-bond donors (Lipinski definition) is 0. The average Bonchev–Trinajstić information content (AvgIpc) is 0.751. The van der Waals surface area contributed by atoms with Crippen molar-refractivity contribution in [2.75, 3.05) is 0 Å². The first-order valence-corrected chi connectivity index (χ1v) is 48.1. The van der Waals surface area contributed by atoms with E-state index in [2.05, 4.69) is 328 Å². The molecule has 0 saturated carbocycles. The third-order valence-corrected chi connectivity index (χ3v) is 26.5. The van der Waals surface area contributed by atoms with Gasteiger partial charge in [0.15, 0.2) is 46.6 Å². The van der Waals surface area contributed by atoms with Gasteiger partial charge in [-0.25, -0.2) is 64.8 Å². The molecule has 144 heavy (non-hydrogen) atoms. The molecule has 0 aliphatic carbocycles. The van der Waals surface area contributed by atoms with Crippen molar-refractivity contribution < 1.29 is 0 Å². The van der Waals surface area contributed by atoms with Crippen LogP contribution < -0.4 is 0 Å². The lowest BCUT2D eigenvalue weighted by Gasteiger charge is -2.14. The van der Waals surface area contributed by atoms with E-state index in [0.29, 0.717) is 46.6 Å².